The van der Waals surface area contributed by atoms with Crippen LogP contribution >= 0.6 is 0 Å². The molecule has 3 aromatic rings. The summed E-state index contributed by atoms with van der Waals surface area (Å²) in [5.41, 5.74) is 3.77. The van der Waals surface area contributed by atoms with Gasteiger partial charge in [-0.3, -0.25) is 14.4 Å². The molecule has 3 aromatic carbocycles. The minimum absolute atomic E-state index is 0.0364. The summed E-state index contributed by atoms with van der Waals surface area (Å²) in [6, 6.07) is 17.4. The molecule has 0 radical (unpaired) electrons. The van der Waals surface area contributed by atoms with Gasteiger partial charge in [0.25, 0.3) is 11.8 Å². The van der Waals surface area contributed by atoms with E-state index < -0.39 is 34.2 Å². The van der Waals surface area contributed by atoms with E-state index in [1.165, 1.54) is 68.7 Å². The minimum atomic E-state index is -3.94. The van der Waals surface area contributed by atoms with Crippen molar-refractivity contribution in [2.24, 2.45) is 5.10 Å². The van der Waals surface area contributed by atoms with Gasteiger partial charge < -0.3 is 15.4 Å². The molecule has 0 unspecified atom stereocenters. The van der Waals surface area contributed by atoms with Gasteiger partial charge in [-0.1, -0.05) is 0 Å². The molecule has 11 nitrogen and oxygen atoms in total. The van der Waals surface area contributed by atoms with Crippen LogP contribution in [-0.2, 0) is 24.4 Å². The van der Waals surface area contributed by atoms with Gasteiger partial charge in [-0.15, -0.1) is 0 Å². The van der Waals surface area contributed by atoms with E-state index in [4.69, 9.17) is 4.74 Å². The van der Waals surface area contributed by atoms with Gasteiger partial charge in [0, 0.05) is 25.3 Å². The molecule has 0 aliphatic carbocycles. The van der Waals surface area contributed by atoms with Gasteiger partial charge in [-0.05, 0) is 78.4 Å². The van der Waals surface area contributed by atoms with Crippen LogP contribution in [0.25, 0.3) is 0 Å². The fraction of sp³-hybridized carbons (Fsp3) is 0.154. The van der Waals surface area contributed by atoms with Gasteiger partial charge in [-0.25, -0.2) is 18.2 Å². The topological polar surface area (TPSA) is 146 Å². The van der Waals surface area contributed by atoms with Crippen LogP contribution in [0.1, 0.15) is 12.5 Å². The predicted octanol–water partition coefficient (Wildman–Crippen LogP) is 2.57. The van der Waals surface area contributed by atoms with E-state index >= 15 is 0 Å². The van der Waals surface area contributed by atoms with Gasteiger partial charge in [-0.2, -0.15) is 9.41 Å². The molecule has 3 amide bonds. The maximum Gasteiger partial charge on any atom is 0.262 e. The third-order valence-electron chi connectivity index (χ3n) is 5.03. The first-order chi connectivity index (χ1) is 18.5. The van der Waals surface area contributed by atoms with Crippen LogP contribution in [0.15, 0.2) is 82.8 Å². The molecule has 204 valence electrons. The van der Waals surface area contributed by atoms with E-state index in [0.29, 0.717) is 22.7 Å². The molecule has 0 saturated carbocycles. The molecule has 0 atom stereocenters. The molecule has 0 aliphatic rings. The zero-order chi connectivity index (χ0) is 28.4. The summed E-state index contributed by atoms with van der Waals surface area (Å²) in [5.74, 6) is -1.34. The molecular formula is C26H26FN5O6S. The van der Waals surface area contributed by atoms with E-state index in [1.807, 2.05) is 0 Å². The Morgan fingerprint density at radius 2 is 1.49 bits per heavy atom. The second kappa shape index (κ2) is 13.3. The normalized spacial score (nSPS) is 11.3. The summed E-state index contributed by atoms with van der Waals surface area (Å²) in [4.78, 5) is 35.2. The molecule has 0 heterocycles. The van der Waals surface area contributed by atoms with Crippen molar-refractivity contribution < 1.29 is 31.9 Å². The summed E-state index contributed by atoms with van der Waals surface area (Å²) >= 11 is 0. The standard InChI is InChI=1S/C26H26FN5O6S/c1-18(33)29-21-9-13-24(14-10-21)39(36,37)32(2)16-25(34)31-28-15-19-3-11-23(12-4-19)38-17-26(35)30-22-7-5-20(27)6-8-22/h3-15H,16-17H2,1-2H3,(H,29,33)(H,30,35)(H,31,34)/b28-15+. The van der Waals surface area contributed by atoms with E-state index in [1.54, 1.807) is 24.3 Å². The summed E-state index contributed by atoms with van der Waals surface area (Å²) < 4.78 is 44.6. The third kappa shape index (κ3) is 9.02. The Bertz CT molecular complexity index is 1440. The van der Waals surface area contributed by atoms with Crippen molar-refractivity contribution in [2.75, 3.05) is 30.8 Å². The maximum absolute atomic E-state index is 12.9. The van der Waals surface area contributed by atoms with Crippen LogP contribution in [0, 0.1) is 5.82 Å². The predicted molar refractivity (Wildman–Crippen MR) is 143 cm³/mol. The molecular weight excluding hydrogens is 529 g/mol. The Labute approximate surface area is 224 Å². The Morgan fingerprint density at radius 1 is 0.897 bits per heavy atom. The van der Waals surface area contributed by atoms with E-state index in [9.17, 15) is 27.2 Å². The number of benzene rings is 3. The number of anilines is 2. The van der Waals surface area contributed by atoms with E-state index in [2.05, 4.69) is 21.2 Å². The highest BCUT2D eigenvalue weighted by molar-refractivity contribution is 7.89. The largest absolute Gasteiger partial charge is 0.484 e. The van der Waals surface area contributed by atoms with Crippen LogP contribution in [0.3, 0.4) is 0 Å². The van der Waals surface area contributed by atoms with Crippen molar-refractivity contribution in [1.82, 2.24) is 9.73 Å². The molecule has 0 bridgehead atoms. The molecule has 39 heavy (non-hydrogen) atoms. The Hall–Kier alpha value is -4.62. The number of sulfonamides is 1. The number of carbonyl (C=O) groups is 3. The first-order valence-electron chi connectivity index (χ1n) is 11.5. The van der Waals surface area contributed by atoms with Gasteiger partial charge in [0.1, 0.15) is 11.6 Å². The number of nitrogens with zero attached hydrogens (tertiary/aromatic N) is 2. The second-order valence-electron chi connectivity index (χ2n) is 8.17. The number of likely N-dealkylation sites (N-methyl/N-ethyl adjacent to an activating group) is 1. The van der Waals surface area contributed by atoms with Crippen molar-refractivity contribution >= 4 is 45.3 Å². The summed E-state index contributed by atoms with van der Waals surface area (Å²) in [5, 5.41) is 8.95. The Balaban J connectivity index is 1.44. The molecule has 3 rings (SSSR count). The SMILES string of the molecule is CC(=O)Nc1ccc(S(=O)(=O)N(C)CC(=O)N/N=C/c2ccc(OCC(=O)Nc3ccc(F)cc3)cc2)cc1. The molecule has 13 heteroatoms. The quantitative estimate of drug-likeness (QED) is 0.245. The highest BCUT2D eigenvalue weighted by Gasteiger charge is 2.22. The molecule has 0 fully saturated rings. The number of hydrazone groups is 1. The highest BCUT2D eigenvalue weighted by atomic mass is 32.2. The number of rotatable bonds is 11. The first kappa shape index (κ1) is 28.9. The van der Waals surface area contributed by atoms with Crippen LogP contribution in [0.4, 0.5) is 15.8 Å². The van der Waals surface area contributed by atoms with Gasteiger partial charge in [0.05, 0.1) is 17.7 Å². The van der Waals surface area contributed by atoms with E-state index in [-0.39, 0.29) is 17.4 Å². The van der Waals surface area contributed by atoms with Crippen molar-refractivity contribution in [3.05, 3.63) is 84.2 Å². The number of halogens is 1. The highest BCUT2D eigenvalue weighted by Crippen LogP contribution is 2.17. The van der Waals surface area contributed by atoms with Crippen LogP contribution in [-0.4, -0.2) is 56.9 Å². The van der Waals surface area contributed by atoms with E-state index in [0.717, 1.165) is 4.31 Å². The van der Waals surface area contributed by atoms with Gasteiger partial charge >= 0.3 is 0 Å². The molecule has 3 N–H and O–H groups in total. The number of hydrogen-bond donors (Lipinski definition) is 3. The zero-order valence-corrected chi connectivity index (χ0v) is 21.9. The zero-order valence-electron chi connectivity index (χ0n) is 21.0. The molecule has 0 aromatic heterocycles. The lowest BCUT2D eigenvalue weighted by Crippen LogP contribution is -2.36. The molecule has 0 aliphatic heterocycles. The van der Waals surface area contributed by atoms with Crippen molar-refractivity contribution in [3.8, 4) is 5.75 Å². The summed E-state index contributed by atoms with van der Waals surface area (Å²) in [6.45, 7) is 0.613. The average Bonchev–Trinajstić information content (AvgIpc) is 2.89. The number of ether oxygens (including phenoxy) is 1. The monoisotopic (exact) mass is 555 g/mol. The van der Waals surface area contributed by atoms with Crippen LogP contribution in [0.5, 0.6) is 5.75 Å². The number of carbonyl (C=O) groups excluding carboxylic acids is 3. The number of hydrogen-bond acceptors (Lipinski definition) is 7. The Morgan fingerprint density at radius 3 is 2.10 bits per heavy atom. The van der Waals surface area contributed by atoms with Crippen molar-refractivity contribution in [3.63, 3.8) is 0 Å². The molecule has 0 spiro atoms. The number of nitrogens with one attached hydrogen (secondary N) is 3. The first-order valence-corrected chi connectivity index (χ1v) is 12.9. The fourth-order valence-corrected chi connectivity index (χ4v) is 4.25. The molecule has 0 saturated heterocycles. The van der Waals surface area contributed by atoms with Crippen molar-refractivity contribution in [2.45, 2.75) is 11.8 Å². The minimum Gasteiger partial charge on any atom is -0.484 e. The maximum atomic E-state index is 12.9. The van der Waals surface area contributed by atoms with Crippen molar-refractivity contribution in [1.29, 1.82) is 0 Å². The Kier molecular flexibility index (Phi) is 9.84. The smallest absolute Gasteiger partial charge is 0.262 e. The third-order valence-corrected chi connectivity index (χ3v) is 6.85. The lowest BCUT2D eigenvalue weighted by Gasteiger charge is -2.16. The lowest BCUT2D eigenvalue weighted by atomic mass is 10.2. The summed E-state index contributed by atoms with van der Waals surface area (Å²) in [7, 11) is -2.68. The van der Waals surface area contributed by atoms with Gasteiger partial charge in [0.15, 0.2) is 6.61 Å². The summed E-state index contributed by atoms with van der Waals surface area (Å²) in [6.07, 6.45) is 1.36. The van der Waals surface area contributed by atoms with Crippen LogP contribution in [0.2, 0.25) is 0 Å². The number of amides is 3. The average molecular weight is 556 g/mol. The van der Waals surface area contributed by atoms with Gasteiger partial charge in [0.2, 0.25) is 15.9 Å². The second-order valence-corrected chi connectivity index (χ2v) is 10.2. The van der Waals surface area contributed by atoms with Crippen LogP contribution < -0.4 is 20.8 Å². The fourth-order valence-electron chi connectivity index (χ4n) is 3.12. The lowest BCUT2D eigenvalue weighted by molar-refractivity contribution is -0.121.